The van der Waals surface area contributed by atoms with Crippen molar-refractivity contribution in [1.29, 1.82) is 0 Å². The van der Waals surface area contributed by atoms with Crippen LogP contribution in [0.4, 0.5) is 0 Å². The minimum Gasteiger partial charge on any atom is -0.384 e. The molecule has 0 amide bonds. The zero-order valence-corrected chi connectivity index (χ0v) is 10.6. The molecule has 0 aliphatic heterocycles. The number of methoxy groups -OCH3 is 1. The number of ether oxygens (including phenoxy) is 1. The fourth-order valence-corrected chi connectivity index (χ4v) is 2.38. The molecule has 4 unspecified atom stereocenters. The number of rotatable bonds is 7. The maximum absolute atomic E-state index is 5.84. The van der Waals surface area contributed by atoms with Crippen LogP contribution in [0.15, 0.2) is 0 Å². The Balaban J connectivity index is 2.35. The summed E-state index contributed by atoms with van der Waals surface area (Å²) in [6.45, 7) is 7.26. The molecule has 0 bridgehead atoms. The van der Waals surface area contributed by atoms with Crippen molar-refractivity contribution >= 4 is 0 Å². The molecular weight excluding hydrogens is 188 g/mol. The fraction of sp³-hybridized carbons (Fsp3) is 1.00. The van der Waals surface area contributed by atoms with Crippen LogP contribution in [0.5, 0.6) is 0 Å². The Kier molecular flexibility index (Phi) is 5.03. The van der Waals surface area contributed by atoms with Crippen molar-refractivity contribution in [2.24, 2.45) is 23.5 Å². The Morgan fingerprint density at radius 2 is 2.13 bits per heavy atom. The van der Waals surface area contributed by atoms with Crippen LogP contribution < -0.4 is 5.73 Å². The van der Waals surface area contributed by atoms with Gasteiger partial charge in [-0.25, -0.2) is 0 Å². The van der Waals surface area contributed by atoms with E-state index in [4.69, 9.17) is 10.5 Å². The second-order valence-corrected chi connectivity index (χ2v) is 5.15. The number of likely N-dealkylation sites (N-methyl/N-ethyl adjacent to an activating group) is 1. The van der Waals surface area contributed by atoms with E-state index in [0.29, 0.717) is 12.0 Å². The lowest BCUT2D eigenvalue weighted by atomic mass is 10.0. The Morgan fingerprint density at radius 3 is 2.53 bits per heavy atom. The second kappa shape index (κ2) is 5.83. The van der Waals surface area contributed by atoms with Crippen LogP contribution in [0.3, 0.4) is 0 Å². The molecule has 0 radical (unpaired) electrons. The van der Waals surface area contributed by atoms with Crippen molar-refractivity contribution in [2.45, 2.75) is 26.3 Å². The van der Waals surface area contributed by atoms with E-state index in [1.54, 1.807) is 7.11 Å². The number of nitrogens with zero attached hydrogens (tertiary/aromatic N) is 1. The molecule has 0 saturated heterocycles. The van der Waals surface area contributed by atoms with Crippen LogP contribution in [-0.2, 0) is 4.74 Å². The van der Waals surface area contributed by atoms with E-state index >= 15 is 0 Å². The molecule has 2 N–H and O–H groups in total. The first kappa shape index (κ1) is 12.9. The molecule has 0 heterocycles. The molecule has 0 aromatic rings. The first-order valence-corrected chi connectivity index (χ1v) is 5.99. The summed E-state index contributed by atoms with van der Waals surface area (Å²) < 4.78 is 5.20. The quantitative estimate of drug-likeness (QED) is 0.692. The summed E-state index contributed by atoms with van der Waals surface area (Å²) in [6, 6.07) is 0.456. The molecule has 1 rings (SSSR count). The molecule has 1 aliphatic carbocycles. The van der Waals surface area contributed by atoms with E-state index in [1.165, 1.54) is 13.0 Å². The third-order valence-electron chi connectivity index (χ3n) is 3.69. The Labute approximate surface area is 94.0 Å². The maximum atomic E-state index is 5.84. The zero-order valence-electron chi connectivity index (χ0n) is 10.6. The molecule has 0 aromatic heterocycles. The van der Waals surface area contributed by atoms with Crippen molar-refractivity contribution in [1.82, 2.24) is 4.90 Å². The molecule has 1 fully saturated rings. The molecule has 4 atom stereocenters. The predicted octanol–water partition coefficient (Wildman–Crippen LogP) is 1.18. The summed E-state index contributed by atoms with van der Waals surface area (Å²) in [6.07, 6.45) is 1.39. The monoisotopic (exact) mass is 214 g/mol. The van der Waals surface area contributed by atoms with E-state index < -0.39 is 0 Å². The smallest absolute Gasteiger partial charge is 0.0503 e. The highest BCUT2D eigenvalue weighted by atomic mass is 16.5. The molecular formula is C12H26N2O. The van der Waals surface area contributed by atoms with Crippen LogP contribution in [0.1, 0.15) is 20.3 Å². The molecule has 90 valence electrons. The third-order valence-corrected chi connectivity index (χ3v) is 3.69. The Bertz CT molecular complexity index is 186. The Morgan fingerprint density at radius 1 is 1.53 bits per heavy atom. The van der Waals surface area contributed by atoms with Gasteiger partial charge in [-0.1, -0.05) is 13.8 Å². The summed E-state index contributed by atoms with van der Waals surface area (Å²) in [5.74, 6) is 2.33. The summed E-state index contributed by atoms with van der Waals surface area (Å²) in [7, 11) is 3.95. The van der Waals surface area contributed by atoms with Crippen LogP contribution in [0.25, 0.3) is 0 Å². The summed E-state index contributed by atoms with van der Waals surface area (Å²) >= 11 is 0. The van der Waals surface area contributed by atoms with Gasteiger partial charge in [0.05, 0.1) is 6.61 Å². The van der Waals surface area contributed by atoms with Gasteiger partial charge in [0, 0.05) is 26.2 Å². The highest BCUT2D eigenvalue weighted by Crippen LogP contribution is 2.38. The van der Waals surface area contributed by atoms with E-state index in [2.05, 4.69) is 25.8 Å². The van der Waals surface area contributed by atoms with Gasteiger partial charge in [-0.05, 0) is 31.2 Å². The summed E-state index contributed by atoms with van der Waals surface area (Å²) in [4.78, 5) is 2.41. The summed E-state index contributed by atoms with van der Waals surface area (Å²) in [5, 5.41) is 0. The van der Waals surface area contributed by atoms with E-state index in [0.717, 1.165) is 25.0 Å². The molecule has 0 spiro atoms. The van der Waals surface area contributed by atoms with Crippen molar-refractivity contribution in [3.8, 4) is 0 Å². The van der Waals surface area contributed by atoms with Gasteiger partial charge in [0.15, 0.2) is 0 Å². The van der Waals surface area contributed by atoms with Crippen molar-refractivity contribution in [3.05, 3.63) is 0 Å². The maximum Gasteiger partial charge on any atom is 0.0503 e. The number of nitrogens with two attached hydrogens (primary N) is 1. The minimum atomic E-state index is 0.456. The van der Waals surface area contributed by atoms with Crippen LogP contribution in [0, 0.1) is 17.8 Å². The highest BCUT2D eigenvalue weighted by Gasteiger charge is 2.35. The average molecular weight is 214 g/mol. The van der Waals surface area contributed by atoms with E-state index in [9.17, 15) is 0 Å². The van der Waals surface area contributed by atoms with Gasteiger partial charge in [-0.3, -0.25) is 0 Å². The minimum absolute atomic E-state index is 0.456. The first-order chi connectivity index (χ1) is 7.10. The molecule has 0 aromatic carbocycles. The first-order valence-electron chi connectivity index (χ1n) is 5.99. The fourth-order valence-electron chi connectivity index (χ4n) is 2.38. The van der Waals surface area contributed by atoms with Crippen LogP contribution >= 0.6 is 0 Å². The topological polar surface area (TPSA) is 38.5 Å². The lowest BCUT2D eigenvalue weighted by Crippen LogP contribution is -2.44. The van der Waals surface area contributed by atoms with E-state index in [-0.39, 0.29) is 0 Å². The van der Waals surface area contributed by atoms with Crippen molar-refractivity contribution < 1.29 is 4.74 Å². The number of hydrogen-bond acceptors (Lipinski definition) is 3. The molecule has 15 heavy (non-hydrogen) atoms. The lowest BCUT2D eigenvalue weighted by Gasteiger charge is -2.31. The second-order valence-electron chi connectivity index (χ2n) is 5.15. The van der Waals surface area contributed by atoms with Gasteiger partial charge in [-0.15, -0.1) is 0 Å². The van der Waals surface area contributed by atoms with Gasteiger partial charge < -0.3 is 15.4 Å². The largest absolute Gasteiger partial charge is 0.384 e. The normalized spacial score (nSPS) is 29.2. The van der Waals surface area contributed by atoms with Crippen LogP contribution in [-0.4, -0.2) is 44.8 Å². The van der Waals surface area contributed by atoms with Gasteiger partial charge in [0.2, 0.25) is 0 Å². The highest BCUT2D eigenvalue weighted by molar-refractivity contribution is 4.87. The van der Waals surface area contributed by atoms with Crippen molar-refractivity contribution in [3.63, 3.8) is 0 Å². The lowest BCUT2D eigenvalue weighted by molar-refractivity contribution is 0.0957. The van der Waals surface area contributed by atoms with Gasteiger partial charge in [0.25, 0.3) is 0 Å². The van der Waals surface area contributed by atoms with Gasteiger partial charge in [0.1, 0.15) is 0 Å². The van der Waals surface area contributed by atoms with E-state index in [1.807, 2.05) is 0 Å². The standard InChI is InChI=1S/C12H26N2O/c1-9-5-11(9)7-14(3)12(6-13)10(2)8-15-4/h9-12H,5-8,13H2,1-4H3. The van der Waals surface area contributed by atoms with Crippen molar-refractivity contribution in [2.75, 3.05) is 33.9 Å². The average Bonchev–Trinajstić information content (AvgIpc) is 2.83. The molecule has 1 aliphatic rings. The SMILES string of the molecule is COCC(C)C(CN)N(C)CC1CC1C. The Hall–Kier alpha value is -0.120. The third kappa shape index (κ3) is 3.74. The molecule has 3 nitrogen and oxygen atoms in total. The summed E-state index contributed by atoms with van der Waals surface area (Å²) in [5.41, 5.74) is 5.84. The van der Waals surface area contributed by atoms with Crippen LogP contribution in [0.2, 0.25) is 0 Å². The molecule has 3 heteroatoms. The predicted molar refractivity (Wildman–Crippen MR) is 63.8 cm³/mol. The van der Waals surface area contributed by atoms with Gasteiger partial charge in [-0.2, -0.15) is 0 Å². The molecule has 1 saturated carbocycles. The number of hydrogen-bond donors (Lipinski definition) is 1. The van der Waals surface area contributed by atoms with Gasteiger partial charge >= 0.3 is 0 Å². The zero-order chi connectivity index (χ0) is 11.4.